The van der Waals surface area contributed by atoms with Crippen LogP contribution in [0.15, 0.2) is 41.3 Å². The monoisotopic (exact) mass is 273 g/mol. The Morgan fingerprint density at radius 1 is 1.30 bits per heavy atom. The van der Waals surface area contributed by atoms with Crippen molar-refractivity contribution in [2.75, 3.05) is 18.2 Å². The normalized spacial score (nSPS) is 10.1. The van der Waals surface area contributed by atoms with E-state index in [0.29, 0.717) is 22.7 Å². The maximum atomic E-state index is 12.2. The lowest BCUT2D eigenvalue weighted by Crippen LogP contribution is -2.18. The van der Waals surface area contributed by atoms with Crippen LogP contribution in [0.5, 0.6) is 5.75 Å². The number of aromatic nitrogens is 1. The van der Waals surface area contributed by atoms with Gasteiger partial charge in [-0.05, 0) is 24.3 Å². The summed E-state index contributed by atoms with van der Waals surface area (Å²) in [7, 11) is 3.09. The summed E-state index contributed by atoms with van der Waals surface area (Å²) in [5, 5.41) is 2.69. The van der Waals surface area contributed by atoms with Gasteiger partial charge in [0.15, 0.2) is 0 Å². The van der Waals surface area contributed by atoms with Crippen LogP contribution in [0.25, 0.3) is 0 Å². The average Bonchev–Trinajstić information content (AvgIpc) is 2.43. The highest BCUT2D eigenvalue weighted by atomic mass is 16.5. The smallest absolute Gasteiger partial charge is 0.259 e. The molecule has 1 aromatic heterocycles. The van der Waals surface area contributed by atoms with E-state index in [1.165, 1.54) is 23.8 Å². The van der Waals surface area contributed by atoms with Crippen molar-refractivity contribution in [3.05, 3.63) is 52.4 Å². The highest BCUT2D eigenvalue weighted by molar-refractivity contribution is 6.06. The standard InChI is InChI=1S/C14H15N3O3/c1-17-8-10(4-6-13(17)18)16-14(19)11-7-9(15)3-5-12(11)20-2/h3-8H,15H2,1-2H3,(H,16,19). The van der Waals surface area contributed by atoms with Crippen LogP contribution in [-0.2, 0) is 7.05 Å². The number of hydrogen-bond acceptors (Lipinski definition) is 4. The summed E-state index contributed by atoms with van der Waals surface area (Å²) in [5.41, 5.74) is 6.85. The van der Waals surface area contributed by atoms with Gasteiger partial charge in [-0.3, -0.25) is 9.59 Å². The van der Waals surface area contributed by atoms with Crippen molar-refractivity contribution in [3.63, 3.8) is 0 Å². The molecule has 1 aromatic carbocycles. The first-order valence-electron chi connectivity index (χ1n) is 5.93. The van der Waals surface area contributed by atoms with Crippen LogP contribution in [0.2, 0.25) is 0 Å². The number of nitrogens with two attached hydrogens (primary N) is 1. The van der Waals surface area contributed by atoms with Crippen LogP contribution in [0.1, 0.15) is 10.4 Å². The molecule has 0 fully saturated rings. The largest absolute Gasteiger partial charge is 0.496 e. The lowest BCUT2D eigenvalue weighted by molar-refractivity contribution is 0.102. The summed E-state index contributed by atoms with van der Waals surface area (Å²) in [6.07, 6.45) is 1.54. The predicted molar refractivity (Wildman–Crippen MR) is 77.0 cm³/mol. The number of nitrogen functional groups attached to an aromatic ring is 1. The molecule has 0 aliphatic carbocycles. The molecule has 2 rings (SSSR count). The number of carbonyl (C=O) groups excluding carboxylic acids is 1. The summed E-state index contributed by atoms with van der Waals surface area (Å²) in [4.78, 5) is 23.5. The number of amides is 1. The molecule has 0 saturated heterocycles. The van der Waals surface area contributed by atoms with Gasteiger partial charge in [-0.1, -0.05) is 0 Å². The molecule has 104 valence electrons. The van der Waals surface area contributed by atoms with Crippen LogP contribution in [0, 0.1) is 0 Å². The minimum atomic E-state index is -0.354. The number of rotatable bonds is 3. The van der Waals surface area contributed by atoms with Crippen molar-refractivity contribution in [3.8, 4) is 5.75 Å². The fraction of sp³-hybridized carbons (Fsp3) is 0.143. The number of pyridine rings is 1. The minimum Gasteiger partial charge on any atom is -0.496 e. The second kappa shape index (κ2) is 5.48. The lowest BCUT2D eigenvalue weighted by atomic mass is 10.1. The summed E-state index contributed by atoms with van der Waals surface area (Å²) < 4.78 is 6.51. The zero-order valence-electron chi connectivity index (χ0n) is 11.2. The first-order chi connectivity index (χ1) is 9.51. The van der Waals surface area contributed by atoms with Crippen molar-refractivity contribution in [1.29, 1.82) is 0 Å². The van der Waals surface area contributed by atoms with Gasteiger partial charge in [0.25, 0.3) is 5.91 Å². The Hall–Kier alpha value is -2.76. The molecule has 0 bridgehead atoms. The Bertz CT molecular complexity index is 707. The molecule has 6 heteroatoms. The average molecular weight is 273 g/mol. The van der Waals surface area contributed by atoms with E-state index in [4.69, 9.17) is 10.5 Å². The van der Waals surface area contributed by atoms with E-state index in [0.717, 1.165) is 0 Å². The molecule has 3 N–H and O–H groups in total. The molecule has 0 aliphatic heterocycles. The third-order valence-corrected chi connectivity index (χ3v) is 2.81. The maximum absolute atomic E-state index is 12.2. The van der Waals surface area contributed by atoms with Gasteiger partial charge in [-0.25, -0.2) is 0 Å². The van der Waals surface area contributed by atoms with Crippen LogP contribution < -0.4 is 21.3 Å². The van der Waals surface area contributed by atoms with Gasteiger partial charge in [0.05, 0.1) is 18.4 Å². The number of benzene rings is 1. The Kier molecular flexibility index (Phi) is 3.74. The first kappa shape index (κ1) is 13.7. The van der Waals surface area contributed by atoms with Gasteiger partial charge in [0, 0.05) is 25.0 Å². The SMILES string of the molecule is COc1ccc(N)cc1C(=O)Nc1ccc(=O)n(C)c1. The van der Waals surface area contributed by atoms with Crippen molar-refractivity contribution in [2.24, 2.45) is 7.05 Å². The van der Waals surface area contributed by atoms with Crippen LogP contribution in [-0.4, -0.2) is 17.6 Å². The highest BCUT2D eigenvalue weighted by Gasteiger charge is 2.13. The fourth-order valence-electron chi connectivity index (χ4n) is 1.77. The number of methoxy groups -OCH3 is 1. The summed E-state index contributed by atoms with van der Waals surface area (Å²) >= 11 is 0. The number of nitrogens with zero attached hydrogens (tertiary/aromatic N) is 1. The van der Waals surface area contributed by atoms with Crippen LogP contribution in [0.4, 0.5) is 11.4 Å². The lowest BCUT2D eigenvalue weighted by Gasteiger charge is -2.10. The molecule has 1 amide bonds. The number of nitrogens with one attached hydrogen (secondary N) is 1. The molecule has 0 radical (unpaired) electrons. The molecule has 2 aromatic rings. The number of aryl methyl sites for hydroxylation is 1. The molecule has 6 nitrogen and oxygen atoms in total. The highest BCUT2D eigenvalue weighted by Crippen LogP contribution is 2.22. The molecule has 0 unspecified atom stereocenters. The van der Waals surface area contributed by atoms with Gasteiger partial charge < -0.3 is 20.4 Å². The quantitative estimate of drug-likeness (QED) is 0.823. The fourth-order valence-corrected chi connectivity index (χ4v) is 1.77. The second-order valence-electron chi connectivity index (χ2n) is 4.28. The molecular weight excluding hydrogens is 258 g/mol. The summed E-state index contributed by atoms with van der Waals surface area (Å²) in [5.74, 6) is 0.0781. The summed E-state index contributed by atoms with van der Waals surface area (Å²) in [6, 6.07) is 7.74. The van der Waals surface area contributed by atoms with Crippen molar-refractivity contribution >= 4 is 17.3 Å². The number of anilines is 2. The number of ether oxygens (including phenoxy) is 1. The van der Waals surface area contributed by atoms with Gasteiger partial charge in [-0.2, -0.15) is 0 Å². The molecular formula is C14H15N3O3. The zero-order chi connectivity index (χ0) is 14.7. The maximum Gasteiger partial charge on any atom is 0.259 e. The summed E-state index contributed by atoms with van der Waals surface area (Å²) in [6.45, 7) is 0. The van der Waals surface area contributed by atoms with Crippen molar-refractivity contribution in [1.82, 2.24) is 4.57 Å². The van der Waals surface area contributed by atoms with Crippen LogP contribution in [0.3, 0.4) is 0 Å². The molecule has 0 aliphatic rings. The Morgan fingerprint density at radius 3 is 2.70 bits per heavy atom. The second-order valence-corrected chi connectivity index (χ2v) is 4.28. The van der Waals surface area contributed by atoms with E-state index in [-0.39, 0.29) is 11.5 Å². The van der Waals surface area contributed by atoms with E-state index >= 15 is 0 Å². The Labute approximate surface area is 115 Å². The third kappa shape index (κ3) is 2.80. The van der Waals surface area contributed by atoms with E-state index in [9.17, 15) is 9.59 Å². The van der Waals surface area contributed by atoms with Gasteiger partial charge in [0.2, 0.25) is 5.56 Å². The Morgan fingerprint density at radius 2 is 2.05 bits per heavy atom. The van der Waals surface area contributed by atoms with Gasteiger partial charge >= 0.3 is 0 Å². The zero-order valence-corrected chi connectivity index (χ0v) is 11.2. The van der Waals surface area contributed by atoms with E-state index in [1.54, 1.807) is 31.4 Å². The predicted octanol–water partition coefficient (Wildman–Crippen LogP) is 1.23. The van der Waals surface area contributed by atoms with E-state index in [1.807, 2.05) is 0 Å². The van der Waals surface area contributed by atoms with Gasteiger partial charge in [-0.15, -0.1) is 0 Å². The number of hydrogen-bond donors (Lipinski definition) is 2. The molecule has 0 saturated carbocycles. The topological polar surface area (TPSA) is 86.3 Å². The van der Waals surface area contributed by atoms with Crippen molar-refractivity contribution in [2.45, 2.75) is 0 Å². The first-order valence-corrected chi connectivity index (χ1v) is 5.93. The molecule has 20 heavy (non-hydrogen) atoms. The number of carbonyl (C=O) groups is 1. The Balaban J connectivity index is 2.30. The van der Waals surface area contributed by atoms with E-state index in [2.05, 4.69) is 5.32 Å². The van der Waals surface area contributed by atoms with E-state index < -0.39 is 0 Å². The van der Waals surface area contributed by atoms with Gasteiger partial charge in [0.1, 0.15) is 5.75 Å². The van der Waals surface area contributed by atoms with Crippen LogP contribution >= 0.6 is 0 Å². The molecule has 0 spiro atoms. The minimum absolute atomic E-state index is 0.149. The molecule has 1 heterocycles. The van der Waals surface area contributed by atoms with Crippen molar-refractivity contribution < 1.29 is 9.53 Å². The molecule has 0 atom stereocenters. The third-order valence-electron chi connectivity index (χ3n) is 2.81.